The maximum Gasteiger partial charge on any atom is 0.354 e. The highest BCUT2D eigenvalue weighted by Gasteiger charge is 2.28. The van der Waals surface area contributed by atoms with E-state index in [1.54, 1.807) is 12.1 Å². The van der Waals surface area contributed by atoms with Crippen molar-refractivity contribution in [3.8, 4) is 22.9 Å². The number of ether oxygens (including phenoxy) is 2. The molecule has 0 aliphatic carbocycles. The van der Waals surface area contributed by atoms with E-state index >= 15 is 0 Å². The van der Waals surface area contributed by atoms with E-state index in [1.165, 1.54) is 43.2 Å². The number of aromatic nitrogens is 3. The van der Waals surface area contributed by atoms with Gasteiger partial charge in [0.15, 0.2) is 9.92 Å². The number of nitrogens with zero attached hydrogens (tertiary/aromatic N) is 4. The van der Waals surface area contributed by atoms with Gasteiger partial charge >= 0.3 is 6.03 Å². The number of amides is 2. The zero-order valence-corrected chi connectivity index (χ0v) is 18.4. The Morgan fingerprint density at radius 1 is 1.44 bits per heavy atom. The molecule has 0 radical (unpaired) electrons. The first-order valence-corrected chi connectivity index (χ1v) is 11.2. The van der Waals surface area contributed by atoms with Gasteiger partial charge in [-0.25, -0.2) is 28.2 Å². The third-order valence-corrected chi connectivity index (χ3v) is 6.27. The molecular weight excluding hydrogens is 439 g/mol. The number of nitrogens with one attached hydrogen (secondary N) is 1. The third-order valence-electron chi connectivity index (χ3n) is 4.92. The molecule has 1 aliphatic heterocycles. The smallest absolute Gasteiger partial charge is 0.354 e. The molecule has 2 aromatic heterocycles. The van der Waals surface area contributed by atoms with Crippen molar-refractivity contribution in [2.75, 3.05) is 12.4 Å². The Labute approximate surface area is 183 Å². The Kier molecular flexibility index (Phi) is 5.57. The van der Waals surface area contributed by atoms with Gasteiger partial charge in [0.1, 0.15) is 16.8 Å². The second-order valence-electron chi connectivity index (χ2n) is 7.20. The highest BCUT2D eigenvalue weighted by Crippen LogP contribution is 2.34. The summed E-state index contributed by atoms with van der Waals surface area (Å²) in [5, 5.41) is 12.5. The summed E-state index contributed by atoms with van der Waals surface area (Å²) >= 11 is 0. The number of pyridine rings is 1. The zero-order chi connectivity index (χ0) is 23.0. The minimum Gasteiger partial charge on any atom is -0.481 e. The molecule has 168 valence electrons. The third kappa shape index (κ3) is 4.01. The van der Waals surface area contributed by atoms with E-state index in [9.17, 15) is 13.4 Å². The predicted molar refractivity (Wildman–Crippen MR) is 115 cm³/mol. The molecule has 3 heterocycles. The number of fused-ring (bicyclic) bond motifs is 1. The van der Waals surface area contributed by atoms with E-state index in [1.807, 2.05) is 6.92 Å². The first-order valence-electron chi connectivity index (χ1n) is 9.57. The van der Waals surface area contributed by atoms with Gasteiger partial charge in [0.25, 0.3) is 0 Å². The van der Waals surface area contributed by atoms with Crippen molar-refractivity contribution in [3.05, 3.63) is 48.0 Å². The van der Waals surface area contributed by atoms with Crippen LogP contribution in [0.1, 0.15) is 12.5 Å². The van der Waals surface area contributed by atoms with Crippen molar-refractivity contribution in [1.29, 1.82) is 0 Å². The average molecular weight is 460 g/mol. The standard InChI is InChI=1S/C20H21FN6O4S/c1-11-10-27-19(31-11)16(9-24-27)32(22,29)26-20(28)25-18-12(2)15(21)5-4-14(18)13-6-7-23-17(8-13)30-3/h4-9,11H,10H2,1-3H3,(H3,22,25,26,28,29)/t11-,32-/m0/s1. The van der Waals surface area contributed by atoms with Crippen LogP contribution in [-0.4, -0.2) is 38.2 Å². The van der Waals surface area contributed by atoms with Gasteiger partial charge < -0.3 is 14.8 Å². The Morgan fingerprint density at radius 2 is 2.22 bits per heavy atom. The SMILES string of the molecule is COc1cc(-c2ccc(F)c(C)c2NC(=O)N=[S@](N)(=O)c2cnn3c2O[C@@H](C)C3)ccn1. The Morgan fingerprint density at radius 3 is 2.97 bits per heavy atom. The van der Waals surface area contributed by atoms with Crippen LogP contribution in [0.3, 0.4) is 0 Å². The van der Waals surface area contributed by atoms with Crippen LogP contribution in [0.5, 0.6) is 11.8 Å². The van der Waals surface area contributed by atoms with E-state index in [0.717, 1.165) is 0 Å². The van der Waals surface area contributed by atoms with Gasteiger partial charge in [-0.15, -0.1) is 4.36 Å². The molecule has 0 bridgehead atoms. The number of hydrogen-bond acceptors (Lipinski definition) is 6. The molecule has 4 rings (SSSR count). The molecule has 12 heteroatoms. The molecule has 10 nitrogen and oxygen atoms in total. The second-order valence-corrected chi connectivity index (χ2v) is 8.96. The quantitative estimate of drug-likeness (QED) is 0.614. The van der Waals surface area contributed by atoms with Gasteiger partial charge in [-0.05, 0) is 37.6 Å². The van der Waals surface area contributed by atoms with Gasteiger partial charge in [0.05, 0.1) is 25.5 Å². The first-order chi connectivity index (χ1) is 15.2. The van der Waals surface area contributed by atoms with Gasteiger partial charge in [-0.1, -0.05) is 0 Å². The highest BCUT2D eigenvalue weighted by atomic mass is 32.2. The minimum absolute atomic E-state index is 0.0204. The zero-order valence-electron chi connectivity index (χ0n) is 17.5. The summed E-state index contributed by atoms with van der Waals surface area (Å²) in [5.41, 5.74) is 1.46. The van der Waals surface area contributed by atoms with E-state index in [-0.39, 0.29) is 28.1 Å². The second kappa shape index (κ2) is 8.20. The molecule has 3 aromatic rings. The first kappa shape index (κ1) is 21.7. The maximum absolute atomic E-state index is 14.3. The van der Waals surface area contributed by atoms with Crippen molar-refractivity contribution in [3.63, 3.8) is 0 Å². The number of anilines is 1. The summed E-state index contributed by atoms with van der Waals surface area (Å²) in [6.45, 7) is 3.80. The topological polar surface area (TPSA) is 134 Å². The fourth-order valence-electron chi connectivity index (χ4n) is 3.36. The van der Waals surface area contributed by atoms with E-state index < -0.39 is 21.8 Å². The van der Waals surface area contributed by atoms with Crippen LogP contribution >= 0.6 is 0 Å². The maximum atomic E-state index is 14.3. The Bertz CT molecular complexity index is 1330. The number of carbonyl (C=O) groups excluding carboxylic acids is 1. The number of carbonyl (C=O) groups is 1. The molecule has 0 unspecified atom stereocenters. The Hall–Kier alpha value is -3.51. The van der Waals surface area contributed by atoms with Crippen molar-refractivity contribution >= 4 is 21.6 Å². The van der Waals surface area contributed by atoms with Crippen LogP contribution < -0.4 is 19.9 Å². The molecule has 2 atom stereocenters. The number of rotatable bonds is 4. The molecule has 1 aliphatic rings. The van der Waals surface area contributed by atoms with Crippen molar-refractivity contribution in [2.45, 2.75) is 31.4 Å². The fraction of sp³-hybridized carbons (Fsp3) is 0.250. The molecule has 0 fully saturated rings. The number of halogens is 1. The van der Waals surface area contributed by atoms with Gasteiger partial charge in [-0.3, -0.25) is 0 Å². The number of benzene rings is 1. The lowest BCUT2D eigenvalue weighted by Gasteiger charge is -2.14. The van der Waals surface area contributed by atoms with E-state index in [0.29, 0.717) is 23.6 Å². The fourth-order valence-corrected chi connectivity index (χ4v) is 4.35. The van der Waals surface area contributed by atoms with Crippen LogP contribution in [0.25, 0.3) is 11.1 Å². The highest BCUT2D eigenvalue weighted by molar-refractivity contribution is 7.91. The minimum atomic E-state index is -3.67. The summed E-state index contributed by atoms with van der Waals surface area (Å²) in [7, 11) is -2.19. The molecular formula is C20H21FN6O4S. The summed E-state index contributed by atoms with van der Waals surface area (Å²) in [4.78, 5) is 16.8. The number of nitrogens with two attached hydrogens (primary N) is 1. The number of urea groups is 1. The lowest BCUT2D eigenvalue weighted by molar-refractivity contribution is 0.248. The average Bonchev–Trinajstić information content (AvgIpc) is 3.30. The normalized spacial score (nSPS) is 16.6. The largest absolute Gasteiger partial charge is 0.481 e. The van der Waals surface area contributed by atoms with Gasteiger partial charge in [-0.2, -0.15) is 5.10 Å². The summed E-state index contributed by atoms with van der Waals surface area (Å²) in [6.07, 6.45) is 2.62. The van der Waals surface area contributed by atoms with Crippen LogP contribution in [0.4, 0.5) is 14.9 Å². The van der Waals surface area contributed by atoms with Crippen LogP contribution in [0.2, 0.25) is 0 Å². The van der Waals surface area contributed by atoms with Crippen molar-refractivity contribution in [2.24, 2.45) is 9.50 Å². The molecule has 1 aromatic carbocycles. The van der Waals surface area contributed by atoms with Gasteiger partial charge in [0.2, 0.25) is 11.8 Å². The lowest BCUT2D eigenvalue weighted by Crippen LogP contribution is -2.19. The molecule has 0 spiro atoms. The summed E-state index contributed by atoms with van der Waals surface area (Å²) < 4.78 is 43.2. The van der Waals surface area contributed by atoms with Crippen LogP contribution in [0.15, 0.2) is 45.9 Å². The molecule has 2 amide bonds. The van der Waals surface area contributed by atoms with Gasteiger partial charge in [0, 0.05) is 23.4 Å². The number of hydrogen-bond donors (Lipinski definition) is 2. The molecule has 32 heavy (non-hydrogen) atoms. The van der Waals surface area contributed by atoms with Crippen molar-refractivity contribution in [1.82, 2.24) is 14.8 Å². The summed E-state index contributed by atoms with van der Waals surface area (Å²) in [5.74, 6) is 0.0316. The van der Waals surface area contributed by atoms with Crippen LogP contribution in [0, 0.1) is 12.7 Å². The monoisotopic (exact) mass is 460 g/mol. The number of methoxy groups -OCH3 is 1. The summed E-state index contributed by atoms with van der Waals surface area (Å²) in [6, 6.07) is 5.11. The van der Waals surface area contributed by atoms with E-state index in [2.05, 4.69) is 19.8 Å². The van der Waals surface area contributed by atoms with E-state index in [4.69, 9.17) is 14.6 Å². The molecule has 0 saturated heterocycles. The molecule has 3 N–H and O–H groups in total. The predicted octanol–water partition coefficient (Wildman–Crippen LogP) is 3.11. The lowest BCUT2D eigenvalue weighted by atomic mass is 10.0. The Balaban J connectivity index is 1.71. The van der Waals surface area contributed by atoms with Crippen molar-refractivity contribution < 1.29 is 22.9 Å². The van der Waals surface area contributed by atoms with Crippen LogP contribution in [-0.2, 0) is 16.5 Å². The molecule has 0 saturated carbocycles.